The van der Waals surface area contributed by atoms with Crippen LogP contribution in [0.3, 0.4) is 0 Å². The number of alkyl halides is 1. The number of hydrogen-bond donors (Lipinski definition) is 0. The standard InChI is InChI=1S/C23H17FN4O3/c1-27-13-17(12-26-27)21-14-28(18-4-8-19(9-5-18)30-15-24)23(29)10-22(21)31-20-6-2-16(11-25)3-7-20/h2-10,12-14H,15H2,1H3. The number of rotatable bonds is 6. The molecule has 0 aliphatic carbocycles. The second-order valence-electron chi connectivity index (χ2n) is 6.65. The maximum Gasteiger partial charge on any atom is 0.258 e. The third-order valence-corrected chi connectivity index (χ3v) is 4.58. The summed E-state index contributed by atoms with van der Waals surface area (Å²) in [4.78, 5) is 12.9. The summed E-state index contributed by atoms with van der Waals surface area (Å²) in [5.74, 6) is 1.22. The number of nitriles is 1. The van der Waals surface area contributed by atoms with Gasteiger partial charge in [0.2, 0.25) is 6.86 Å². The van der Waals surface area contributed by atoms with Crippen LogP contribution in [0.4, 0.5) is 4.39 Å². The molecule has 0 unspecified atom stereocenters. The first-order valence-corrected chi connectivity index (χ1v) is 9.30. The highest BCUT2D eigenvalue weighted by molar-refractivity contribution is 5.69. The van der Waals surface area contributed by atoms with Crippen LogP contribution in [0.25, 0.3) is 16.8 Å². The van der Waals surface area contributed by atoms with Crippen molar-refractivity contribution in [1.82, 2.24) is 14.3 Å². The largest absolute Gasteiger partial charge is 0.463 e. The normalized spacial score (nSPS) is 10.5. The van der Waals surface area contributed by atoms with Crippen LogP contribution in [-0.4, -0.2) is 21.2 Å². The third kappa shape index (κ3) is 4.31. The minimum Gasteiger partial charge on any atom is -0.463 e. The van der Waals surface area contributed by atoms with E-state index in [9.17, 15) is 9.18 Å². The predicted molar refractivity (Wildman–Crippen MR) is 112 cm³/mol. The Balaban J connectivity index is 1.78. The van der Waals surface area contributed by atoms with Crippen molar-refractivity contribution in [1.29, 1.82) is 5.26 Å². The number of hydrogen-bond acceptors (Lipinski definition) is 5. The van der Waals surface area contributed by atoms with Gasteiger partial charge in [-0.3, -0.25) is 14.0 Å². The van der Waals surface area contributed by atoms with E-state index in [-0.39, 0.29) is 5.56 Å². The molecule has 2 aromatic carbocycles. The second-order valence-corrected chi connectivity index (χ2v) is 6.65. The monoisotopic (exact) mass is 416 g/mol. The van der Waals surface area contributed by atoms with Crippen LogP contribution in [0.5, 0.6) is 17.2 Å². The van der Waals surface area contributed by atoms with Gasteiger partial charge in [-0.05, 0) is 48.5 Å². The van der Waals surface area contributed by atoms with E-state index in [1.54, 1.807) is 72.7 Å². The Hall–Kier alpha value is -4.38. The van der Waals surface area contributed by atoms with Gasteiger partial charge in [-0.1, -0.05) is 0 Å². The Morgan fingerprint density at radius 1 is 1.06 bits per heavy atom. The van der Waals surface area contributed by atoms with Gasteiger partial charge < -0.3 is 9.47 Å². The summed E-state index contributed by atoms with van der Waals surface area (Å²) in [5.41, 5.74) is 2.20. The van der Waals surface area contributed by atoms with Crippen molar-refractivity contribution in [2.75, 3.05) is 6.86 Å². The lowest BCUT2D eigenvalue weighted by Crippen LogP contribution is -2.17. The number of pyridine rings is 1. The molecule has 0 fully saturated rings. The van der Waals surface area contributed by atoms with Gasteiger partial charge in [-0.25, -0.2) is 4.39 Å². The maximum atomic E-state index is 12.9. The van der Waals surface area contributed by atoms with E-state index in [2.05, 4.69) is 11.2 Å². The van der Waals surface area contributed by atoms with Crippen LogP contribution in [0.2, 0.25) is 0 Å². The van der Waals surface area contributed by atoms with E-state index >= 15 is 0 Å². The minimum absolute atomic E-state index is 0.310. The smallest absolute Gasteiger partial charge is 0.258 e. The quantitative estimate of drug-likeness (QED) is 0.470. The molecule has 0 bridgehead atoms. The van der Waals surface area contributed by atoms with Crippen LogP contribution in [0, 0.1) is 11.3 Å². The molecular weight excluding hydrogens is 399 g/mol. The zero-order valence-electron chi connectivity index (χ0n) is 16.5. The van der Waals surface area contributed by atoms with Gasteiger partial charge in [-0.2, -0.15) is 10.4 Å². The first kappa shape index (κ1) is 19.9. The van der Waals surface area contributed by atoms with E-state index in [0.29, 0.717) is 34.1 Å². The summed E-state index contributed by atoms with van der Waals surface area (Å²) < 4.78 is 26.3. The van der Waals surface area contributed by atoms with Crippen LogP contribution in [-0.2, 0) is 7.05 Å². The fraction of sp³-hybridized carbons (Fsp3) is 0.0870. The van der Waals surface area contributed by atoms with Crippen LogP contribution >= 0.6 is 0 Å². The zero-order valence-corrected chi connectivity index (χ0v) is 16.5. The summed E-state index contributed by atoms with van der Waals surface area (Å²) in [6.45, 7) is -0.925. The highest BCUT2D eigenvalue weighted by Gasteiger charge is 2.14. The topological polar surface area (TPSA) is 82.1 Å². The lowest BCUT2D eigenvalue weighted by atomic mass is 10.1. The molecule has 7 nitrogen and oxygen atoms in total. The molecule has 0 saturated heterocycles. The van der Waals surface area contributed by atoms with E-state index < -0.39 is 6.86 Å². The number of nitrogens with zero attached hydrogens (tertiary/aromatic N) is 4. The molecule has 0 radical (unpaired) electrons. The summed E-state index contributed by atoms with van der Waals surface area (Å²) in [6, 6.07) is 16.6. The Morgan fingerprint density at radius 2 is 1.77 bits per heavy atom. The molecule has 4 aromatic rings. The number of ether oxygens (including phenoxy) is 2. The molecule has 0 aliphatic rings. The number of halogens is 1. The van der Waals surface area contributed by atoms with Gasteiger partial charge in [0.05, 0.1) is 17.8 Å². The lowest BCUT2D eigenvalue weighted by molar-refractivity contribution is 0.192. The van der Waals surface area contributed by atoms with Gasteiger partial charge in [-0.15, -0.1) is 0 Å². The highest BCUT2D eigenvalue weighted by atomic mass is 19.1. The molecule has 0 atom stereocenters. The number of aromatic nitrogens is 3. The molecule has 31 heavy (non-hydrogen) atoms. The van der Waals surface area contributed by atoms with E-state index in [4.69, 9.17) is 14.7 Å². The lowest BCUT2D eigenvalue weighted by Gasteiger charge is -2.14. The van der Waals surface area contributed by atoms with Crippen LogP contribution in [0.1, 0.15) is 5.56 Å². The van der Waals surface area contributed by atoms with Gasteiger partial charge in [0.1, 0.15) is 17.2 Å². The third-order valence-electron chi connectivity index (χ3n) is 4.58. The summed E-state index contributed by atoms with van der Waals surface area (Å²) >= 11 is 0. The Kier molecular flexibility index (Phi) is 5.49. The fourth-order valence-corrected chi connectivity index (χ4v) is 3.07. The van der Waals surface area contributed by atoms with Crippen LogP contribution < -0.4 is 15.0 Å². The van der Waals surface area contributed by atoms with Crippen molar-refractivity contribution in [2.45, 2.75) is 0 Å². The molecular formula is C23H17FN4O3. The van der Waals surface area contributed by atoms with E-state index in [1.807, 2.05) is 6.20 Å². The summed E-state index contributed by atoms with van der Waals surface area (Å²) in [6.07, 6.45) is 5.16. The van der Waals surface area contributed by atoms with E-state index in [1.165, 1.54) is 10.6 Å². The summed E-state index contributed by atoms with van der Waals surface area (Å²) in [5, 5.41) is 13.2. The van der Waals surface area contributed by atoms with Crippen molar-refractivity contribution in [3.8, 4) is 40.1 Å². The molecule has 2 heterocycles. The maximum absolute atomic E-state index is 12.9. The van der Waals surface area contributed by atoms with Gasteiger partial charge in [0.25, 0.3) is 5.56 Å². The van der Waals surface area contributed by atoms with Crippen molar-refractivity contribution in [3.63, 3.8) is 0 Å². The summed E-state index contributed by atoms with van der Waals surface area (Å²) in [7, 11) is 1.80. The van der Waals surface area contributed by atoms with Gasteiger partial charge in [0.15, 0.2) is 0 Å². The first-order valence-electron chi connectivity index (χ1n) is 9.30. The molecule has 0 N–H and O–H groups in total. The Labute approximate surface area is 177 Å². The van der Waals surface area contributed by atoms with Gasteiger partial charge in [0, 0.05) is 42.3 Å². The predicted octanol–water partition coefficient (Wildman–Crippen LogP) is 4.21. The number of aryl methyl sites for hydroxylation is 1. The molecule has 8 heteroatoms. The average Bonchev–Trinajstić information content (AvgIpc) is 3.21. The molecule has 0 amide bonds. The fourth-order valence-electron chi connectivity index (χ4n) is 3.07. The van der Waals surface area contributed by atoms with Crippen LogP contribution in [0.15, 0.2) is 78.0 Å². The Morgan fingerprint density at radius 3 is 2.39 bits per heavy atom. The van der Waals surface area contributed by atoms with Crippen molar-refractivity contribution in [2.24, 2.45) is 7.05 Å². The SMILES string of the molecule is Cn1cc(-c2cn(-c3ccc(OCF)cc3)c(=O)cc2Oc2ccc(C#N)cc2)cn1. The second kappa shape index (κ2) is 8.55. The van der Waals surface area contributed by atoms with Crippen molar-refractivity contribution >= 4 is 0 Å². The highest BCUT2D eigenvalue weighted by Crippen LogP contribution is 2.32. The molecule has 0 aliphatic heterocycles. The zero-order chi connectivity index (χ0) is 21.8. The average molecular weight is 416 g/mol. The molecule has 154 valence electrons. The number of benzene rings is 2. The van der Waals surface area contributed by atoms with Crippen molar-refractivity contribution < 1.29 is 13.9 Å². The Bertz CT molecular complexity index is 1300. The van der Waals surface area contributed by atoms with Crippen molar-refractivity contribution in [3.05, 3.63) is 89.1 Å². The minimum atomic E-state index is -0.925. The van der Waals surface area contributed by atoms with E-state index in [0.717, 1.165) is 5.56 Å². The molecule has 2 aromatic heterocycles. The molecule has 0 spiro atoms. The molecule has 4 rings (SSSR count). The van der Waals surface area contributed by atoms with Gasteiger partial charge >= 0.3 is 0 Å². The molecule has 0 saturated carbocycles. The first-order chi connectivity index (χ1) is 15.1.